The van der Waals surface area contributed by atoms with E-state index in [2.05, 4.69) is 38.2 Å². The van der Waals surface area contributed by atoms with Crippen molar-refractivity contribution in [1.82, 2.24) is 5.32 Å². The lowest BCUT2D eigenvalue weighted by Gasteiger charge is -2.29. The summed E-state index contributed by atoms with van der Waals surface area (Å²) in [7, 11) is 0. The third-order valence-corrected chi connectivity index (χ3v) is 3.68. The van der Waals surface area contributed by atoms with Gasteiger partial charge in [0.2, 0.25) is 0 Å². The minimum Gasteiger partial charge on any atom is -0.486 e. The molecule has 0 radical (unpaired) electrons. The van der Waals surface area contributed by atoms with Crippen molar-refractivity contribution < 1.29 is 9.15 Å². The van der Waals surface area contributed by atoms with E-state index >= 15 is 0 Å². The molecule has 1 aromatic heterocycles. The number of ether oxygens (including phenoxy) is 1. The van der Waals surface area contributed by atoms with Crippen LogP contribution in [0.4, 0.5) is 0 Å². The molecule has 100 valence electrons. The van der Waals surface area contributed by atoms with Crippen LogP contribution in [0.15, 0.2) is 47.1 Å². The zero-order valence-corrected chi connectivity index (χ0v) is 11.5. The summed E-state index contributed by atoms with van der Waals surface area (Å²) in [6.45, 7) is 6.33. The van der Waals surface area contributed by atoms with Crippen LogP contribution in [-0.4, -0.2) is 5.60 Å². The van der Waals surface area contributed by atoms with Gasteiger partial charge in [0.25, 0.3) is 0 Å². The largest absolute Gasteiger partial charge is 0.486 e. The number of hydrogen-bond acceptors (Lipinski definition) is 3. The highest BCUT2D eigenvalue weighted by atomic mass is 16.5. The summed E-state index contributed by atoms with van der Waals surface area (Å²) in [6.07, 6.45) is 1.71. The maximum absolute atomic E-state index is 6.03. The van der Waals surface area contributed by atoms with Gasteiger partial charge in [-0.2, -0.15) is 0 Å². The molecule has 0 amide bonds. The van der Waals surface area contributed by atoms with E-state index in [-0.39, 0.29) is 17.7 Å². The Kier molecular flexibility index (Phi) is 2.86. The second-order valence-corrected chi connectivity index (χ2v) is 5.58. The highest BCUT2D eigenvalue weighted by Gasteiger charge is 2.41. The molecule has 3 rings (SSSR count). The number of fused-ring (bicyclic) bond motifs is 1. The molecule has 0 saturated heterocycles. The van der Waals surface area contributed by atoms with Gasteiger partial charge in [-0.3, -0.25) is 5.32 Å². The Morgan fingerprint density at radius 2 is 1.95 bits per heavy atom. The van der Waals surface area contributed by atoms with E-state index in [0.717, 1.165) is 11.5 Å². The maximum Gasteiger partial charge on any atom is 0.125 e. The minimum absolute atomic E-state index is 0.147. The second kappa shape index (κ2) is 4.42. The highest BCUT2D eigenvalue weighted by molar-refractivity contribution is 5.42. The van der Waals surface area contributed by atoms with Crippen LogP contribution in [0.25, 0.3) is 0 Å². The first kappa shape index (κ1) is 12.3. The third kappa shape index (κ3) is 2.15. The molecule has 1 aliphatic heterocycles. The van der Waals surface area contributed by atoms with Crippen molar-refractivity contribution in [1.29, 1.82) is 0 Å². The fourth-order valence-electron chi connectivity index (χ4n) is 2.69. The lowest BCUT2D eigenvalue weighted by Crippen LogP contribution is -2.40. The van der Waals surface area contributed by atoms with Crippen LogP contribution in [0, 0.1) is 0 Å². The van der Waals surface area contributed by atoms with E-state index in [1.807, 2.05) is 24.3 Å². The summed E-state index contributed by atoms with van der Waals surface area (Å²) < 4.78 is 11.5. The number of benzene rings is 1. The van der Waals surface area contributed by atoms with Crippen molar-refractivity contribution in [2.75, 3.05) is 0 Å². The molecule has 0 fully saturated rings. The first-order valence-electron chi connectivity index (χ1n) is 6.65. The molecule has 1 aromatic carbocycles. The van der Waals surface area contributed by atoms with E-state index in [9.17, 15) is 0 Å². The van der Waals surface area contributed by atoms with Crippen LogP contribution < -0.4 is 10.1 Å². The van der Waals surface area contributed by atoms with Crippen LogP contribution >= 0.6 is 0 Å². The molecule has 0 aliphatic carbocycles. The van der Waals surface area contributed by atoms with Crippen molar-refractivity contribution in [3.63, 3.8) is 0 Å². The van der Waals surface area contributed by atoms with Crippen LogP contribution in [-0.2, 0) is 0 Å². The fourth-order valence-corrected chi connectivity index (χ4v) is 2.69. The molecule has 3 nitrogen and oxygen atoms in total. The van der Waals surface area contributed by atoms with Gasteiger partial charge in [-0.25, -0.2) is 0 Å². The summed E-state index contributed by atoms with van der Waals surface area (Å²) in [5.74, 6) is 1.91. The van der Waals surface area contributed by atoms with Gasteiger partial charge in [-0.05, 0) is 39.0 Å². The maximum atomic E-state index is 6.03. The molecule has 0 spiro atoms. The zero-order valence-electron chi connectivity index (χ0n) is 11.5. The lowest BCUT2D eigenvalue weighted by atomic mass is 9.93. The quantitative estimate of drug-likeness (QED) is 0.907. The van der Waals surface area contributed by atoms with Crippen molar-refractivity contribution in [2.24, 2.45) is 0 Å². The molecule has 2 heterocycles. The van der Waals surface area contributed by atoms with Crippen LogP contribution in [0.5, 0.6) is 5.75 Å². The summed E-state index contributed by atoms with van der Waals surface area (Å²) in [6, 6.07) is 12.4. The predicted octanol–water partition coefficient (Wildman–Crippen LogP) is 3.84. The van der Waals surface area contributed by atoms with Gasteiger partial charge in [0, 0.05) is 5.56 Å². The Bertz CT molecular complexity index is 560. The average Bonchev–Trinajstić information content (AvgIpc) is 2.96. The first-order valence-corrected chi connectivity index (χ1v) is 6.65. The van der Waals surface area contributed by atoms with Crippen LogP contribution in [0.2, 0.25) is 0 Å². The first-order chi connectivity index (χ1) is 9.08. The molecule has 1 aliphatic rings. The van der Waals surface area contributed by atoms with Gasteiger partial charge in [-0.15, -0.1) is 0 Å². The van der Waals surface area contributed by atoms with E-state index in [4.69, 9.17) is 9.15 Å². The van der Waals surface area contributed by atoms with Crippen LogP contribution in [0.1, 0.15) is 44.2 Å². The van der Waals surface area contributed by atoms with Crippen molar-refractivity contribution in [3.8, 4) is 5.75 Å². The smallest absolute Gasteiger partial charge is 0.125 e. The van der Waals surface area contributed by atoms with E-state index in [1.54, 1.807) is 6.26 Å². The number of hydrogen-bond donors (Lipinski definition) is 1. The van der Waals surface area contributed by atoms with Crippen molar-refractivity contribution in [3.05, 3.63) is 54.0 Å². The standard InChI is InChI=1S/C16H19NO2/c1-11(13-9-6-10-18-13)17-15-12-7-4-5-8-14(12)19-16(15,2)3/h4-11,15,17H,1-3H3. The Hall–Kier alpha value is -1.74. The minimum atomic E-state index is -0.259. The molecule has 2 atom stereocenters. The summed E-state index contributed by atoms with van der Waals surface area (Å²) in [4.78, 5) is 0. The predicted molar refractivity (Wildman–Crippen MR) is 74.1 cm³/mol. The normalized spacial score (nSPS) is 21.7. The summed E-state index contributed by atoms with van der Waals surface area (Å²) >= 11 is 0. The zero-order chi connectivity index (χ0) is 13.5. The van der Waals surface area contributed by atoms with Gasteiger partial charge in [0.15, 0.2) is 0 Å². The topological polar surface area (TPSA) is 34.4 Å². The molecule has 2 aromatic rings. The van der Waals surface area contributed by atoms with Crippen molar-refractivity contribution >= 4 is 0 Å². The Morgan fingerprint density at radius 3 is 2.68 bits per heavy atom. The monoisotopic (exact) mass is 257 g/mol. The molecule has 3 heteroatoms. The number of rotatable bonds is 3. The number of nitrogens with one attached hydrogen (secondary N) is 1. The molecular formula is C16H19NO2. The summed E-state index contributed by atoms with van der Waals surface area (Å²) in [5.41, 5.74) is 0.954. The van der Waals surface area contributed by atoms with Crippen LogP contribution in [0.3, 0.4) is 0 Å². The third-order valence-electron chi connectivity index (χ3n) is 3.68. The lowest BCUT2D eigenvalue weighted by molar-refractivity contribution is 0.0905. The Balaban J connectivity index is 1.87. The van der Waals surface area contributed by atoms with Crippen molar-refractivity contribution in [2.45, 2.75) is 38.5 Å². The molecular weight excluding hydrogens is 238 g/mol. The van der Waals surface area contributed by atoms with Gasteiger partial charge >= 0.3 is 0 Å². The molecule has 1 N–H and O–H groups in total. The number of para-hydroxylation sites is 1. The van der Waals surface area contributed by atoms with Gasteiger partial charge in [0.1, 0.15) is 17.1 Å². The Labute approximate surface area is 113 Å². The summed E-state index contributed by atoms with van der Waals surface area (Å²) in [5, 5.41) is 3.61. The molecule has 19 heavy (non-hydrogen) atoms. The van der Waals surface area contributed by atoms with Gasteiger partial charge in [-0.1, -0.05) is 18.2 Å². The number of furan rings is 1. The Morgan fingerprint density at radius 1 is 1.16 bits per heavy atom. The van der Waals surface area contributed by atoms with E-state index < -0.39 is 0 Å². The second-order valence-electron chi connectivity index (χ2n) is 5.58. The molecule has 2 unspecified atom stereocenters. The molecule has 0 saturated carbocycles. The van der Waals surface area contributed by atoms with E-state index in [1.165, 1.54) is 5.56 Å². The molecule has 0 bridgehead atoms. The SMILES string of the molecule is CC(NC1c2ccccc2OC1(C)C)c1ccco1. The fraction of sp³-hybridized carbons (Fsp3) is 0.375. The van der Waals surface area contributed by atoms with Gasteiger partial charge < -0.3 is 9.15 Å². The highest BCUT2D eigenvalue weighted by Crippen LogP contribution is 2.43. The average molecular weight is 257 g/mol. The van der Waals surface area contributed by atoms with E-state index in [0.29, 0.717) is 0 Å². The van der Waals surface area contributed by atoms with Gasteiger partial charge in [0.05, 0.1) is 18.3 Å².